The molecule has 2 heterocycles. The molecule has 0 N–H and O–H groups in total. The van der Waals surface area contributed by atoms with Crippen LogP contribution in [0.2, 0.25) is 10.0 Å². The number of benzene rings is 2. The highest BCUT2D eigenvalue weighted by Crippen LogP contribution is 2.28. The van der Waals surface area contributed by atoms with Crippen molar-refractivity contribution in [3.05, 3.63) is 63.9 Å². The third-order valence-corrected chi connectivity index (χ3v) is 8.65. The molecule has 6 nitrogen and oxygen atoms in total. The van der Waals surface area contributed by atoms with E-state index in [9.17, 15) is 17.6 Å². The molecule has 0 saturated carbocycles. The first-order valence-electron chi connectivity index (χ1n) is 10.9. The monoisotopic (exact) mass is 513 g/mol. The lowest BCUT2D eigenvalue weighted by Crippen LogP contribution is -2.53. The first-order chi connectivity index (χ1) is 15.7. The second kappa shape index (κ2) is 10.2. The molecule has 2 aliphatic rings. The molecule has 1 amide bonds. The molecule has 33 heavy (non-hydrogen) atoms. The van der Waals surface area contributed by atoms with Crippen molar-refractivity contribution in [1.29, 1.82) is 0 Å². The Hall–Kier alpha value is -1.87. The number of amides is 1. The Morgan fingerprint density at radius 2 is 1.76 bits per heavy atom. The molecular weight excluding hydrogens is 488 g/mol. The highest BCUT2D eigenvalue weighted by Gasteiger charge is 2.35. The number of carbonyl (C=O) groups is 1. The van der Waals surface area contributed by atoms with Crippen LogP contribution in [0, 0.1) is 11.7 Å². The lowest BCUT2D eigenvalue weighted by Gasteiger charge is -2.39. The van der Waals surface area contributed by atoms with Gasteiger partial charge in [-0.25, -0.2) is 17.1 Å². The Kier molecular flexibility index (Phi) is 7.48. The van der Waals surface area contributed by atoms with E-state index in [0.717, 1.165) is 0 Å². The highest BCUT2D eigenvalue weighted by molar-refractivity contribution is 7.88. The number of anilines is 1. The Bertz CT molecular complexity index is 1120. The van der Waals surface area contributed by atoms with Crippen molar-refractivity contribution in [2.75, 3.05) is 44.2 Å². The number of carbonyl (C=O) groups excluding carboxylic acids is 1. The Balaban J connectivity index is 1.37. The maximum absolute atomic E-state index is 14.1. The number of rotatable bonds is 5. The van der Waals surface area contributed by atoms with Crippen LogP contribution >= 0.6 is 23.2 Å². The minimum Gasteiger partial charge on any atom is -0.366 e. The first kappa shape index (κ1) is 24.3. The number of hydrogen-bond donors (Lipinski definition) is 0. The lowest BCUT2D eigenvalue weighted by atomic mass is 9.97. The van der Waals surface area contributed by atoms with Gasteiger partial charge in [0.15, 0.2) is 0 Å². The Morgan fingerprint density at radius 3 is 2.45 bits per heavy atom. The number of sulfonamides is 1. The van der Waals surface area contributed by atoms with Gasteiger partial charge >= 0.3 is 0 Å². The molecule has 0 aliphatic carbocycles. The molecule has 0 bridgehead atoms. The molecule has 2 aromatic carbocycles. The van der Waals surface area contributed by atoms with Gasteiger partial charge in [0.05, 0.1) is 17.4 Å². The summed E-state index contributed by atoms with van der Waals surface area (Å²) in [4.78, 5) is 16.9. The van der Waals surface area contributed by atoms with Crippen LogP contribution in [0.4, 0.5) is 10.1 Å². The largest absolute Gasteiger partial charge is 0.366 e. The van der Waals surface area contributed by atoms with Gasteiger partial charge in [0.1, 0.15) is 5.82 Å². The van der Waals surface area contributed by atoms with E-state index in [2.05, 4.69) is 0 Å². The van der Waals surface area contributed by atoms with E-state index in [0.29, 0.717) is 66.9 Å². The van der Waals surface area contributed by atoms with Gasteiger partial charge in [-0.2, -0.15) is 0 Å². The number of para-hydroxylation sites is 1. The molecule has 2 aliphatic heterocycles. The van der Waals surface area contributed by atoms with Crippen LogP contribution in [0.1, 0.15) is 18.4 Å². The molecule has 0 unspecified atom stereocenters. The number of halogens is 3. The molecule has 1 atom stereocenters. The number of hydrogen-bond acceptors (Lipinski definition) is 4. The molecule has 0 spiro atoms. The zero-order valence-electron chi connectivity index (χ0n) is 18.1. The van der Waals surface area contributed by atoms with Crippen LogP contribution in [0.15, 0.2) is 42.5 Å². The van der Waals surface area contributed by atoms with E-state index < -0.39 is 10.0 Å². The van der Waals surface area contributed by atoms with Gasteiger partial charge in [0, 0.05) is 49.3 Å². The van der Waals surface area contributed by atoms with Gasteiger partial charge in [-0.3, -0.25) is 4.79 Å². The summed E-state index contributed by atoms with van der Waals surface area (Å²) in [5, 5.41) is 0.753. The van der Waals surface area contributed by atoms with Gasteiger partial charge in [-0.05, 0) is 42.7 Å². The smallest absolute Gasteiger partial charge is 0.227 e. The van der Waals surface area contributed by atoms with Crippen molar-refractivity contribution >= 4 is 44.8 Å². The molecule has 2 fully saturated rings. The molecule has 2 saturated heterocycles. The minimum absolute atomic E-state index is 0.0346. The van der Waals surface area contributed by atoms with Crippen LogP contribution in [-0.2, 0) is 20.6 Å². The standard InChI is InChI=1S/C23H26Cl2FN3O3S/c24-19-8-7-18(20(25)14-19)16-33(31,32)29-9-3-4-17(15-29)23(30)28-12-10-27(11-13-28)22-6-2-1-5-21(22)26/h1-2,5-8,14,17H,3-4,9-13,15-16H2/t17-/m1/s1. The van der Waals surface area contributed by atoms with Crippen LogP contribution in [0.5, 0.6) is 0 Å². The van der Waals surface area contributed by atoms with Gasteiger partial charge in [0.2, 0.25) is 15.9 Å². The predicted molar refractivity (Wildman–Crippen MR) is 129 cm³/mol. The Morgan fingerprint density at radius 1 is 1.03 bits per heavy atom. The van der Waals surface area contributed by atoms with Crippen LogP contribution in [0.3, 0.4) is 0 Å². The van der Waals surface area contributed by atoms with Crippen molar-refractivity contribution in [2.24, 2.45) is 5.92 Å². The van der Waals surface area contributed by atoms with Gasteiger partial charge in [-0.1, -0.05) is 41.4 Å². The average Bonchev–Trinajstić information content (AvgIpc) is 2.81. The SMILES string of the molecule is O=C([C@@H]1CCCN(S(=O)(=O)Cc2ccc(Cl)cc2Cl)C1)N1CCN(c2ccccc2F)CC1. The van der Waals surface area contributed by atoms with E-state index in [-0.39, 0.29) is 29.9 Å². The summed E-state index contributed by atoms with van der Waals surface area (Å²) in [7, 11) is -3.63. The fraction of sp³-hybridized carbons (Fsp3) is 0.435. The summed E-state index contributed by atoms with van der Waals surface area (Å²) in [5.74, 6) is -0.918. The summed E-state index contributed by atoms with van der Waals surface area (Å²) in [6.45, 7) is 2.60. The summed E-state index contributed by atoms with van der Waals surface area (Å²) in [6.07, 6.45) is 1.28. The van der Waals surface area contributed by atoms with Crippen LogP contribution < -0.4 is 4.90 Å². The van der Waals surface area contributed by atoms with E-state index in [1.807, 2.05) is 4.90 Å². The summed E-state index contributed by atoms with van der Waals surface area (Å²) < 4.78 is 41.6. The van der Waals surface area contributed by atoms with Crippen molar-refractivity contribution in [3.8, 4) is 0 Å². The third-order valence-electron chi connectivity index (χ3n) is 6.26. The Labute approximate surface area is 203 Å². The second-order valence-corrected chi connectivity index (χ2v) is 11.3. The molecular formula is C23H26Cl2FN3O3S. The number of piperidine rings is 1. The summed E-state index contributed by atoms with van der Waals surface area (Å²) >= 11 is 12.1. The molecule has 4 rings (SSSR count). The van der Waals surface area contributed by atoms with E-state index >= 15 is 0 Å². The van der Waals surface area contributed by atoms with E-state index in [4.69, 9.17) is 23.2 Å². The zero-order chi connectivity index (χ0) is 23.6. The molecule has 2 aromatic rings. The fourth-order valence-electron chi connectivity index (χ4n) is 4.46. The first-order valence-corrected chi connectivity index (χ1v) is 13.3. The topological polar surface area (TPSA) is 60.9 Å². The quantitative estimate of drug-likeness (QED) is 0.605. The average molecular weight is 514 g/mol. The van der Waals surface area contributed by atoms with Crippen LogP contribution in [-0.4, -0.2) is 62.8 Å². The van der Waals surface area contributed by atoms with Crippen molar-refractivity contribution in [2.45, 2.75) is 18.6 Å². The van der Waals surface area contributed by atoms with E-state index in [1.54, 1.807) is 35.2 Å². The summed E-state index contributed by atoms with van der Waals surface area (Å²) in [6, 6.07) is 11.4. The van der Waals surface area contributed by atoms with Crippen LogP contribution in [0.25, 0.3) is 0 Å². The third kappa shape index (κ3) is 5.62. The summed E-state index contributed by atoms with van der Waals surface area (Å²) in [5.41, 5.74) is 1.03. The van der Waals surface area contributed by atoms with Gasteiger partial charge in [0.25, 0.3) is 0 Å². The predicted octanol–water partition coefficient (Wildman–Crippen LogP) is 4.02. The maximum atomic E-state index is 14.1. The fourth-order valence-corrected chi connectivity index (χ4v) is 6.65. The normalized spacial score (nSPS) is 20.2. The zero-order valence-corrected chi connectivity index (χ0v) is 20.4. The van der Waals surface area contributed by atoms with Crippen molar-refractivity contribution in [3.63, 3.8) is 0 Å². The molecule has 10 heteroatoms. The van der Waals surface area contributed by atoms with E-state index in [1.165, 1.54) is 16.4 Å². The second-order valence-electron chi connectivity index (χ2n) is 8.45. The molecule has 0 radical (unpaired) electrons. The van der Waals surface area contributed by atoms with Crippen molar-refractivity contribution in [1.82, 2.24) is 9.21 Å². The number of nitrogens with zero attached hydrogens (tertiary/aromatic N) is 3. The minimum atomic E-state index is -3.63. The maximum Gasteiger partial charge on any atom is 0.227 e. The van der Waals surface area contributed by atoms with Gasteiger partial charge < -0.3 is 9.80 Å². The lowest BCUT2D eigenvalue weighted by molar-refractivity contribution is -0.137. The van der Waals surface area contributed by atoms with Gasteiger partial charge in [-0.15, -0.1) is 0 Å². The molecule has 178 valence electrons. The highest BCUT2D eigenvalue weighted by atomic mass is 35.5. The molecule has 0 aromatic heterocycles. The van der Waals surface area contributed by atoms with Crippen molar-refractivity contribution < 1.29 is 17.6 Å². The number of piperazine rings is 1.